The highest BCUT2D eigenvalue weighted by Gasteiger charge is 2.18. The topological polar surface area (TPSA) is 95.9 Å². The molecule has 0 spiro atoms. The summed E-state index contributed by atoms with van der Waals surface area (Å²) in [7, 11) is 0. The third kappa shape index (κ3) is 65.4. The van der Waals surface area contributed by atoms with Crippen molar-refractivity contribution in [2.75, 3.05) is 13.2 Å². The molecule has 2 unspecified atom stereocenters. The summed E-state index contributed by atoms with van der Waals surface area (Å²) >= 11 is 0. The Morgan fingerprint density at radius 2 is 0.595 bits per heavy atom. The van der Waals surface area contributed by atoms with Gasteiger partial charge in [0.05, 0.1) is 25.4 Å². The molecule has 1 amide bonds. The molecule has 6 nitrogen and oxygen atoms in total. The van der Waals surface area contributed by atoms with E-state index in [9.17, 15) is 19.8 Å². The van der Waals surface area contributed by atoms with Crippen molar-refractivity contribution >= 4 is 11.9 Å². The number of allylic oxidation sites excluding steroid dienone is 3. The van der Waals surface area contributed by atoms with Crippen LogP contribution in [0.2, 0.25) is 0 Å². The fraction of sp³-hybridized carbons (Fsp3) is 0.918. The Morgan fingerprint density at radius 1 is 0.342 bits per heavy atom. The van der Waals surface area contributed by atoms with Crippen molar-refractivity contribution in [1.82, 2.24) is 5.32 Å². The summed E-state index contributed by atoms with van der Waals surface area (Å²) in [6.07, 6.45) is 86.9. The first kappa shape index (κ1) is 77.3. The summed E-state index contributed by atoms with van der Waals surface area (Å²) in [4.78, 5) is 24.6. The Kier molecular flexibility index (Phi) is 67.4. The largest absolute Gasteiger partial charge is 0.466 e. The number of unbranched alkanes of at least 4 members (excludes halogenated alkanes) is 55. The number of carbonyl (C=O) groups excluding carboxylic acids is 2. The average Bonchev–Trinajstić information content (AvgIpc) is 3.45. The first-order chi connectivity index (χ1) is 39.0. The molecule has 0 aliphatic carbocycles. The Hall–Kier alpha value is -1.66. The van der Waals surface area contributed by atoms with Gasteiger partial charge in [0, 0.05) is 12.8 Å². The molecule has 0 aromatic heterocycles. The van der Waals surface area contributed by atoms with Crippen LogP contribution in [0.5, 0.6) is 0 Å². The van der Waals surface area contributed by atoms with Gasteiger partial charge in [-0.3, -0.25) is 9.59 Å². The molecular weight excluding hydrogens is 971 g/mol. The van der Waals surface area contributed by atoms with Gasteiger partial charge >= 0.3 is 5.97 Å². The minimum absolute atomic E-state index is 0.00627. The Labute approximate surface area is 494 Å². The van der Waals surface area contributed by atoms with Crippen LogP contribution in [0, 0.1) is 0 Å². The molecule has 468 valence electrons. The van der Waals surface area contributed by atoms with E-state index in [0.29, 0.717) is 19.4 Å². The van der Waals surface area contributed by atoms with E-state index in [1.807, 2.05) is 6.08 Å². The quantitative estimate of drug-likeness (QED) is 0.0320. The van der Waals surface area contributed by atoms with Gasteiger partial charge in [0.25, 0.3) is 0 Å². The summed E-state index contributed by atoms with van der Waals surface area (Å²) in [6, 6.07) is -0.629. The van der Waals surface area contributed by atoms with Crippen molar-refractivity contribution in [3.8, 4) is 0 Å². The van der Waals surface area contributed by atoms with E-state index in [4.69, 9.17) is 4.74 Å². The smallest absolute Gasteiger partial charge is 0.305 e. The molecule has 0 saturated carbocycles. The predicted molar refractivity (Wildman–Crippen MR) is 347 cm³/mol. The van der Waals surface area contributed by atoms with Crippen LogP contribution >= 0.6 is 0 Å². The lowest BCUT2D eigenvalue weighted by Crippen LogP contribution is -2.45. The predicted octanol–water partition coefficient (Wildman–Crippen LogP) is 23.3. The minimum Gasteiger partial charge on any atom is -0.466 e. The van der Waals surface area contributed by atoms with E-state index in [1.165, 1.54) is 334 Å². The monoisotopic (exact) mass is 1110 g/mol. The van der Waals surface area contributed by atoms with E-state index >= 15 is 0 Å². The van der Waals surface area contributed by atoms with Crippen LogP contribution in [0.25, 0.3) is 0 Å². The van der Waals surface area contributed by atoms with Gasteiger partial charge in [-0.05, 0) is 57.8 Å². The number of esters is 1. The second-order valence-electron chi connectivity index (χ2n) is 24.9. The fourth-order valence-corrected chi connectivity index (χ4v) is 11.5. The van der Waals surface area contributed by atoms with Gasteiger partial charge in [0.1, 0.15) is 0 Å². The first-order valence-corrected chi connectivity index (χ1v) is 36.1. The second-order valence-corrected chi connectivity index (χ2v) is 24.9. The summed E-state index contributed by atoms with van der Waals surface area (Å²) in [5, 5.41) is 23.3. The number of nitrogens with one attached hydrogen (secondary N) is 1. The fourth-order valence-electron chi connectivity index (χ4n) is 11.5. The maximum atomic E-state index is 12.5. The van der Waals surface area contributed by atoms with Crippen molar-refractivity contribution in [1.29, 1.82) is 0 Å². The molecule has 0 aliphatic rings. The zero-order valence-electron chi connectivity index (χ0n) is 53.6. The van der Waals surface area contributed by atoms with Crippen LogP contribution in [0.4, 0.5) is 0 Å². The highest BCUT2D eigenvalue weighted by atomic mass is 16.5. The van der Waals surface area contributed by atoms with Crippen molar-refractivity contribution < 1.29 is 24.5 Å². The number of aliphatic hydroxyl groups is 2. The molecule has 0 bridgehead atoms. The van der Waals surface area contributed by atoms with Gasteiger partial charge in [-0.25, -0.2) is 0 Å². The van der Waals surface area contributed by atoms with Crippen LogP contribution in [0.15, 0.2) is 24.3 Å². The summed E-state index contributed by atoms with van der Waals surface area (Å²) in [6.45, 7) is 4.93. The van der Waals surface area contributed by atoms with Crippen molar-refractivity contribution in [3.05, 3.63) is 24.3 Å². The Morgan fingerprint density at radius 3 is 0.899 bits per heavy atom. The number of amides is 1. The van der Waals surface area contributed by atoms with E-state index < -0.39 is 12.1 Å². The number of hydrogen-bond acceptors (Lipinski definition) is 5. The third-order valence-electron chi connectivity index (χ3n) is 17.0. The highest BCUT2D eigenvalue weighted by molar-refractivity contribution is 5.76. The average molecular weight is 1110 g/mol. The minimum atomic E-state index is -0.846. The SMILES string of the molecule is CCCCCCC/C=C\CCCCCCCC(=O)OCCCCCCCCCCCCCCCCCCCCCCCCCC(=O)NC(CO)C(O)/C=C/CCCCCCCCCCCCCCCCCCCCCCCCC. The van der Waals surface area contributed by atoms with E-state index in [2.05, 4.69) is 31.3 Å². The molecule has 0 aromatic carbocycles. The molecular formula is C73H141NO5. The van der Waals surface area contributed by atoms with Gasteiger partial charge < -0.3 is 20.3 Å². The van der Waals surface area contributed by atoms with Crippen LogP contribution in [0.3, 0.4) is 0 Å². The summed E-state index contributed by atoms with van der Waals surface area (Å²) < 4.78 is 5.49. The van der Waals surface area contributed by atoms with Crippen LogP contribution in [-0.2, 0) is 14.3 Å². The molecule has 3 N–H and O–H groups in total. The van der Waals surface area contributed by atoms with Gasteiger partial charge in [0.15, 0.2) is 0 Å². The standard InChI is InChI=1S/C73H141NO5/c1-3-5-7-9-11-13-15-17-19-20-21-22-23-24-26-29-32-35-38-41-45-49-53-57-61-65-71(76)70(69-75)74-72(77)66-62-58-54-50-46-42-39-36-33-30-27-25-28-31-34-37-40-44-48-52-56-60-64-68-79-73(78)67-63-59-55-51-47-43-18-16-14-12-10-8-6-4-2/h16,18,61,65,70-71,75-76H,3-15,17,19-60,62-64,66-69H2,1-2H3,(H,74,77)/b18-16-,65-61+. The second kappa shape index (κ2) is 68.8. The first-order valence-electron chi connectivity index (χ1n) is 36.1. The number of carbonyl (C=O) groups is 2. The molecule has 0 heterocycles. The van der Waals surface area contributed by atoms with Gasteiger partial charge in [0.2, 0.25) is 5.91 Å². The normalized spacial score (nSPS) is 12.6. The zero-order chi connectivity index (χ0) is 57.1. The zero-order valence-corrected chi connectivity index (χ0v) is 53.6. The highest BCUT2D eigenvalue weighted by Crippen LogP contribution is 2.19. The third-order valence-corrected chi connectivity index (χ3v) is 17.0. The van der Waals surface area contributed by atoms with E-state index in [-0.39, 0.29) is 18.5 Å². The molecule has 0 aromatic rings. The molecule has 0 aliphatic heterocycles. The molecule has 2 atom stereocenters. The lowest BCUT2D eigenvalue weighted by atomic mass is 10.0. The van der Waals surface area contributed by atoms with Crippen LogP contribution < -0.4 is 5.32 Å². The molecule has 0 rings (SSSR count). The van der Waals surface area contributed by atoms with E-state index in [1.54, 1.807) is 6.08 Å². The van der Waals surface area contributed by atoms with Gasteiger partial charge in [-0.15, -0.1) is 0 Å². The Bertz CT molecular complexity index is 1230. The van der Waals surface area contributed by atoms with Crippen molar-refractivity contribution in [3.63, 3.8) is 0 Å². The molecule has 0 radical (unpaired) electrons. The van der Waals surface area contributed by atoms with Crippen molar-refractivity contribution in [2.24, 2.45) is 0 Å². The van der Waals surface area contributed by atoms with Crippen LogP contribution in [0.1, 0.15) is 406 Å². The van der Waals surface area contributed by atoms with Gasteiger partial charge in [-0.2, -0.15) is 0 Å². The summed E-state index contributed by atoms with van der Waals surface area (Å²) in [5.41, 5.74) is 0. The Balaban J connectivity index is 3.40. The van der Waals surface area contributed by atoms with Crippen LogP contribution in [-0.4, -0.2) is 47.4 Å². The number of aliphatic hydroxyl groups excluding tert-OH is 2. The number of hydrogen-bond donors (Lipinski definition) is 3. The molecule has 0 fully saturated rings. The van der Waals surface area contributed by atoms with Gasteiger partial charge in [-0.1, -0.05) is 359 Å². The molecule has 0 saturated heterocycles. The summed E-state index contributed by atoms with van der Waals surface area (Å²) in [5.74, 6) is -0.0565. The van der Waals surface area contributed by atoms with Crippen molar-refractivity contribution in [2.45, 2.75) is 418 Å². The number of ether oxygens (including phenoxy) is 1. The van der Waals surface area contributed by atoms with E-state index in [0.717, 1.165) is 44.9 Å². The maximum absolute atomic E-state index is 12.5. The lowest BCUT2D eigenvalue weighted by molar-refractivity contribution is -0.143. The number of rotatable bonds is 68. The lowest BCUT2D eigenvalue weighted by Gasteiger charge is -2.20. The molecule has 79 heavy (non-hydrogen) atoms. The maximum Gasteiger partial charge on any atom is 0.305 e. The molecule has 6 heteroatoms.